The molecule has 1 heterocycles. The molecule has 1 aliphatic rings. The molecular formula is C24H19N3O5. The van der Waals surface area contributed by atoms with Crippen LogP contribution in [0.15, 0.2) is 83.5 Å². The monoisotopic (exact) mass is 429 g/mol. The van der Waals surface area contributed by atoms with Crippen molar-refractivity contribution >= 4 is 29.1 Å². The minimum absolute atomic E-state index is 0.0652. The van der Waals surface area contributed by atoms with Gasteiger partial charge in [-0.1, -0.05) is 30.3 Å². The average molecular weight is 429 g/mol. The Morgan fingerprint density at radius 2 is 1.69 bits per heavy atom. The van der Waals surface area contributed by atoms with E-state index in [0.29, 0.717) is 34.0 Å². The number of hydrogen-bond donors (Lipinski definition) is 0. The molecule has 0 unspecified atom stereocenters. The quantitative estimate of drug-likeness (QED) is 0.328. The van der Waals surface area contributed by atoms with Crippen molar-refractivity contribution in [2.75, 3.05) is 19.2 Å². The summed E-state index contributed by atoms with van der Waals surface area (Å²) in [6.45, 7) is 0. The highest BCUT2D eigenvalue weighted by atomic mass is 16.6. The fourth-order valence-corrected chi connectivity index (χ4v) is 3.35. The topological polar surface area (TPSA) is 94.3 Å². The van der Waals surface area contributed by atoms with Gasteiger partial charge in [-0.05, 0) is 36.4 Å². The maximum absolute atomic E-state index is 13.4. The number of amides is 1. The predicted molar refractivity (Wildman–Crippen MR) is 121 cm³/mol. The SMILES string of the molecule is COc1ccc(OC)c(C=C2C(=O)N(c3ccc([N+](=O)[O-])cc3)N=C2c2ccccc2)c1. The number of ether oxygens (including phenoxy) is 2. The van der Waals surface area contributed by atoms with Crippen molar-refractivity contribution in [2.45, 2.75) is 0 Å². The molecule has 8 heteroatoms. The highest BCUT2D eigenvalue weighted by Gasteiger charge is 2.32. The standard InChI is InChI=1S/C24H19N3O5/c1-31-20-12-13-22(32-2)17(14-20)15-21-23(16-6-4-3-5-7-16)25-26(24(21)28)18-8-10-19(11-9-18)27(29)30/h3-15H,1-2H3. The number of rotatable bonds is 6. The summed E-state index contributed by atoms with van der Waals surface area (Å²) in [4.78, 5) is 23.9. The number of hydrazone groups is 1. The number of nitro benzene ring substituents is 1. The second-order valence-corrected chi connectivity index (χ2v) is 6.87. The van der Waals surface area contributed by atoms with Crippen LogP contribution in [0, 0.1) is 10.1 Å². The second-order valence-electron chi connectivity index (χ2n) is 6.87. The van der Waals surface area contributed by atoms with E-state index in [-0.39, 0.29) is 11.6 Å². The molecule has 0 saturated heterocycles. The fraction of sp³-hybridized carbons (Fsp3) is 0.0833. The Labute approximate surface area is 184 Å². The van der Waals surface area contributed by atoms with Crippen LogP contribution in [0.5, 0.6) is 11.5 Å². The molecular weight excluding hydrogens is 410 g/mol. The lowest BCUT2D eigenvalue weighted by Gasteiger charge is -2.11. The van der Waals surface area contributed by atoms with E-state index < -0.39 is 4.92 Å². The Bertz CT molecular complexity index is 1230. The number of nitrogens with zero attached hydrogens (tertiary/aromatic N) is 3. The number of benzene rings is 3. The molecule has 0 atom stereocenters. The van der Waals surface area contributed by atoms with Crippen LogP contribution in [0.4, 0.5) is 11.4 Å². The van der Waals surface area contributed by atoms with Crippen LogP contribution in [0.2, 0.25) is 0 Å². The van der Waals surface area contributed by atoms with Gasteiger partial charge in [-0.2, -0.15) is 10.1 Å². The molecule has 0 aromatic heterocycles. The third-order valence-electron chi connectivity index (χ3n) is 4.97. The van der Waals surface area contributed by atoms with Crippen LogP contribution in [-0.4, -0.2) is 30.8 Å². The molecule has 0 bridgehead atoms. The van der Waals surface area contributed by atoms with Gasteiger partial charge >= 0.3 is 0 Å². The molecule has 0 radical (unpaired) electrons. The first kappa shape index (κ1) is 20.8. The van der Waals surface area contributed by atoms with E-state index in [1.54, 1.807) is 38.5 Å². The first-order chi connectivity index (χ1) is 15.5. The minimum Gasteiger partial charge on any atom is -0.497 e. The summed E-state index contributed by atoms with van der Waals surface area (Å²) in [6, 6.07) is 20.3. The van der Waals surface area contributed by atoms with Crippen molar-refractivity contribution in [3.05, 3.63) is 99.6 Å². The third-order valence-corrected chi connectivity index (χ3v) is 4.97. The van der Waals surface area contributed by atoms with Crippen LogP contribution in [0.1, 0.15) is 11.1 Å². The fourth-order valence-electron chi connectivity index (χ4n) is 3.35. The minimum atomic E-state index is -0.491. The molecule has 0 spiro atoms. The number of non-ortho nitro benzene ring substituents is 1. The number of nitro groups is 1. The molecule has 160 valence electrons. The van der Waals surface area contributed by atoms with E-state index in [9.17, 15) is 14.9 Å². The summed E-state index contributed by atoms with van der Waals surface area (Å²) in [7, 11) is 3.11. The van der Waals surface area contributed by atoms with E-state index in [0.717, 1.165) is 5.56 Å². The number of methoxy groups -OCH3 is 2. The van der Waals surface area contributed by atoms with Gasteiger partial charge in [0.05, 0.1) is 30.4 Å². The van der Waals surface area contributed by atoms with E-state index in [4.69, 9.17) is 9.47 Å². The molecule has 32 heavy (non-hydrogen) atoms. The molecule has 8 nitrogen and oxygen atoms in total. The highest BCUT2D eigenvalue weighted by Crippen LogP contribution is 2.32. The van der Waals surface area contributed by atoms with Crippen LogP contribution in [-0.2, 0) is 4.79 Å². The molecule has 3 aromatic carbocycles. The zero-order valence-corrected chi connectivity index (χ0v) is 17.4. The lowest BCUT2D eigenvalue weighted by atomic mass is 10.00. The maximum atomic E-state index is 13.4. The average Bonchev–Trinajstić information content (AvgIpc) is 3.15. The molecule has 1 amide bonds. The highest BCUT2D eigenvalue weighted by molar-refractivity contribution is 6.37. The number of anilines is 1. The van der Waals surface area contributed by atoms with Crippen LogP contribution >= 0.6 is 0 Å². The van der Waals surface area contributed by atoms with Crippen molar-refractivity contribution in [3.63, 3.8) is 0 Å². The van der Waals surface area contributed by atoms with Gasteiger partial charge in [-0.15, -0.1) is 0 Å². The summed E-state index contributed by atoms with van der Waals surface area (Å²) in [5.41, 5.74) is 2.63. The van der Waals surface area contributed by atoms with Gasteiger partial charge in [-0.3, -0.25) is 14.9 Å². The van der Waals surface area contributed by atoms with Gasteiger partial charge in [0.2, 0.25) is 0 Å². The van der Waals surface area contributed by atoms with Gasteiger partial charge in [0.1, 0.15) is 17.2 Å². The Balaban J connectivity index is 1.83. The smallest absolute Gasteiger partial charge is 0.281 e. The second kappa shape index (κ2) is 8.73. The Kier molecular flexibility index (Phi) is 5.67. The zero-order valence-electron chi connectivity index (χ0n) is 17.4. The maximum Gasteiger partial charge on any atom is 0.281 e. The summed E-state index contributed by atoms with van der Waals surface area (Å²) in [5.74, 6) is 0.836. The van der Waals surface area contributed by atoms with Crippen molar-refractivity contribution in [1.82, 2.24) is 0 Å². The molecule has 0 aliphatic carbocycles. The molecule has 0 saturated carbocycles. The van der Waals surface area contributed by atoms with Crippen molar-refractivity contribution in [3.8, 4) is 11.5 Å². The van der Waals surface area contributed by atoms with Crippen molar-refractivity contribution in [2.24, 2.45) is 5.10 Å². The van der Waals surface area contributed by atoms with E-state index >= 15 is 0 Å². The van der Waals surface area contributed by atoms with Crippen molar-refractivity contribution in [1.29, 1.82) is 0 Å². The van der Waals surface area contributed by atoms with E-state index in [1.807, 2.05) is 30.3 Å². The first-order valence-corrected chi connectivity index (χ1v) is 9.69. The summed E-state index contributed by atoms with van der Waals surface area (Å²) in [6.07, 6.45) is 1.71. The number of carbonyl (C=O) groups is 1. The lowest BCUT2D eigenvalue weighted by Crippen LogP contribution is -2.21. The van der Waals surface area contributed by atoms with Crippen molar-refractivity contribution < 1.29 is 19.2 Å². The lowest BCUT2D eigenvalue weighted by molar-refractivity contribution is -0.384. The predicted octanol–water partition coefficient (Wildman–Crippen LogP) is 4.45. The summed E-state index contributed by atoms with van der Waals surface area (Å²) < 4.78 is 10.8. The molecule has 4 rings (SSSR count). The Hall–Kier alpha value is -4.46. The van der Waals surface area contributed by atoms with Crippen LogP contribution in [0.3, 0.4) is 0 Å². The molecule has 0 N–H and O–H groups in total. The van der Waals surface area contributed by atoms with Crippen LogP contribution in [0.25, 0.3) is 6.08 Å². The van der Waals surface area contributed by atoms with Gasteiger partial charge in [0.25, 0.3) is 11.6 Å². The largest absolute Gasteiger partial charge is 0.497 e. The van der Waals surface area contributed by atoms with Gasteiger partial charge in [0, 0.05) is 23.3 Å². The normalized spacial score (nSPS) is 14.4. The van der Waals surface area contributed by atoms with Crippen LogP contribution < -0.4 is 14.5 Å². The zero-order chi connectivity index (χ0) is 22.7. The van der Waals surface area contributed by atoms with Gasteiger partial charge in [-0.25, -0.2) is 0 Å². The van der Waals surface area contributed by atoms with Gasteiger partial charge in [0.15, 0.2) is 0 Å². The number of carbonyl (C=O) groups excluding carboxylic acids is 1. The Morgan fingerprint density at radius 1 is 0.969 bits per heavy atom. The molecule has 1 aliphatic heterocycles. The molecule has 0 fully saturated rings. The summed E-state index contributed by atoms with van der Waals surface area (Å²) in [5, 5.41) is 16.8. The Morgan fingerprint density at radius 3 is 2.31 bits per heavy atom. The van der Waals surface area contributed by atoms with Gasteiger partial charge < -0.3 is 9.47 Å². The summed E-state index contributed by atoms with van der Waals surface area (Å²) >= 11 is 0. The third kappa shape index (κ3) is 3.93. The number of hydrogen-bond acceptors (Lipinski definition) is 6. The first-order valence-electron chi connectivity index (χ1n) is 9.69. The van der Waals surface area contributed by atoms with E-state index in [2.05, 4.69) is 5.10 Å². The molecule has 3 aromatic rings. The van der Waals surface area contributed by atoms with E-state index in [1.165, 1.54) is 29.3 Å².